The number of morpholine rings is 1. The summed E-state index contributed by atoms with van der Waals surface area (Å²) in [5, 5.41) is 3.89. The van der Waals surface area contributed by atoms with Crippen molar-refractivity contribution in [3.8, 4) is 0 Å². The van der Waals surface area contributed by atoms with E-state index in [4.69, 9.17) is 4.74 Å². The van der Waals surface area contributed by atoms with Crippen molar-refractivity contribution < 1.29 is 13.2 Å². The number of nitrogens with one attached hydrogen (secondary N) is 1. The Morgan fingerprint density at radius 3 is 2.26 bits per heavy atom. The highest BCUT2D eigenvalue weighted by Crippen LogP contribution is 2.61. The van der Waals surface area contributed by atoms with Crippen molar-refractivity contribution in [3.05, 3.63) is 71.3 Å². The number of fused-ring (bicyclic) bond motifs is 3. The third-order valence-corrected chi connectivity index (χ3v) is 12.8. The molecule has 7 aliphatic rings. The number of hydrogen-bond donors (Lipinski definition) is 1. The molecular weight excluding hydrogens is 492 g/mol. The summed E-state index contributed by atoms with van der Waals surface area (Å²) in [6.07, 6.45) is 14.5. The Balaban J connectivity index is 1.08. The van der Waals surface area contributed by atoms with E-state index in [0.717, 1.165) is 24.2 Å². The molecular formula is C32H38N2O3S. The lowest BCUT2D eigenvalue weighted by Gasteiger charge is -2.57. The minimum Gasteiger partial charge on any atom is -0.379 e. The topological polar surface area (TPSA) is 58.6 Å². The van der Waals surface area contributed by atoms with Crippen LogP contribution in [0, 0.1) is 23.7 Å². The zero-order chi connectivity index (χ0) is 25.5. The van der Waals surface area contributed by atoms with Gasteiger partial charge in [0.2, 0.25) is 10.0 Å². The van der Waals surface area contributed by atoms with Gasteiger partial charge in [0.05, 0.1) is 24.2 Å². The maximum atomic E-state index is 13.1. The fraction of sp³-hybridized carbons (Fsp3) is 0.562. The van der Waals surface area contributed by atoms with Crippen LogP contribution in [0.5, 0.6) is 0 Å². The van der Waals surface area contributed by atoms with Crippen LogP contribution >= 0.6 is 0 Å². The van der Waals surface area contributed by atoms with E-state index in [1.165, 1.54) is 55.3 Å². The maximum Gasteiger partial charge on any atom is 0.243 e. The maximum absolute atomic E-state index is 13.1. The second-order valence-corrected chi connectivity index (χ2v) is 15.0. The highest BCUT2D eigenvalue weighted by atomic mass is 32.2. The molecule has 6 heteroatoms. The predicted molar refractivity (Wildman–Crippen MR) is 149 cm³/mol. The lowest BCUT2D eigenvalue weighted by Crippen LogP contribution is -2.48. The van der Waals surface area contributed by atoms with Gasteiger partial charge in [-0.1, -0.05) is 36.4 Å². The van der Waals surface area contributed by atoms with Gasteiger partial charge in [-0.15, -0.1) is 0 Å². The van der Waals surface area contributed by atoms with Gasteiger partial charge < -0.3 is 10.1 Å². The van der Waals surface area contributed by atoms with Gasteiger partial charge in [0.15, 0.2) is 0 Å². The zero-order valence-corrected chi connectivity index (χ0v) is 22.8. The molecule has 9 rings (SSSR count). The van der Waals surface area contributed by atoms with Crippen molar-refractivity contribution in [3.63, 3.8) is 0 Å². The summed E-state index contributed by atoms with van der Waals surface area (Å²) in [5.41, 5.74) is 5.91. The summed E-state index contributed by atoms with van der Waals surface area (Å²) in [4.78, 5) is 0.376. The summed E-state index contributed by atoms with van der Waals surface area (Å²) in [5.74, 6) is 3.73. The van der Waals surface area contributed by atoms with Gasteiger partial charge in [-0.05, 0) is 109 Å². The van der Waals surface area contributed by atoms with Crippen LogP contribution in [0.15, 0.2) is 59.5 Å². The molecule has 200 valence electrons. The Bertz CT molecular complexity index is 1340. The molecule has 0 aromatic heterocycles. The Morgan fingerprint density at radius 2 is 1.58 bits per heavy atom. The first kappa shape index (κ1) is 23.7. The number of allylic oxidation sites excluding steroid dienone is 2. The Hall–Kier alpha value is -2.15. The molecule has 0 amide bonds. The zero-order valence-electron chi connectivity index (χ0n) is 22.0. The smallest absolute Gasteiger partial charge is 0.243 e. The first-order chi connectivity index (χ1) is 18.5. The van der Waals surface area contributed by atoms with E-state index in [2.05, 4.69) is 35.7 Å². The molecule has 0 spiro atoms. The number of rotatable bonds is 4. The SMILES string of the molecule is O=S(=O)(c1ccc([C@@H]2Nc3ccc(C45CC6CC(CC(C6)C4)C5)cc3[C@@H]3C=CC[C@H]32)cc1)N1CCOCC1. The van der Waals surface area contributed by atoms with E-state index in [-0.39, 0.29) is 6.04 Å². The molecule has 2 aliphatic heterocycles. The summed E-state index contributed by atoms with van der Waals surface area (Å²) < 4.78 is 33.1. The molecule has 2 aromatic carbocycles. The minimum atomic E-state index is -3.48. The number of sulfonamides is 1. The molecule has 0 unspecified atom stereocenters. The average molecular weight is 531 g/mol. The second-order valence-electron chi connectivity index (χ2n) is 13.1. The number of nitrogens with zero attached hydrogens (tertiary/aromatic N) is 1. The molecule has 5 nitrogen and oxygen atoms in total. The van der Waals surface area contributed by atoms with Crippen LogP contribution in [-0.2, 0) is 20.2 Å². The van der Waals surface area contributed by atoms with Gasteiger partial charge >= 0.3 is 0 Å². The molecule has 3 atom stereocenters. The fourth-order valence-electron chi connectivity index (χ4n) is 9.50. The van der Waals surface area contributed by atoms with E-state index >= 15 is 0 Å². The summed E-state index contributed by atoms with van der Waals surface area (Å²) >= 11 is 0. The van der Waals surface area contributed by atoms with Crippen LogP contribution < -0.4 is 5.32 Å². The van der Waals surface area contributed by atoms with E-state index in [1.54, 1.807) is 22.0 Å². The first-order valence-electron chi connectivity index (χ1n) is 14.7. The third kappa shape index (κ3) is 3.66. The summed E-state index contributed by atoms with van der Waals surface area (Å²) in [6, 6.07) is 15.2. The highest BCUT2D eigenvalue weighted by Gasteiger charge is 2.52. The van der Waals surface area contributed by atoms with E-state index in [9.17, 15) is 8.42 Å². The summed E-state index contributed by atoms with van der Waals surface area (Å²) in [6.45, 7) is 1.77. The van der Waals surface area contributed by atoms with Gasteiger partial charge in [0.25, 0.3) is 0 Å². The molecule has 4 bridgehead atoms. The normalized spacial score (nSPS) is 37.6. The van der Waals surface area contributed by atoms with Crippen LogP contribution in [0.1, 0.15) is 73.6 Å². The Morgan fingerprint density at radius 1 is 0.895 bits per heavy atom. The quantitative estimate of drug-likeness (QED) is 0.493. The molecule has 4 saturated carbocycles. The molecule has 5 fully saturated rings. The number of benzene rings is 2. The average Bonchev–Trinajstić information content (AvgIpc) is 3.43. The van der Waals surface area contributed by atoms with Crippen LogP contribution in [0.2, 0.25) is 0 Å². The fourth-order valence-corrected chi connectivity index (χ4v) is 10.9. The van der Waals surface area contributed by atoms with Gasteiger partial charge in [-0.3, -0.25) is 0 Å². The molecule has 2 aromatic rings. The Labute approximate surface area is 226 Å². The van der Waals surface area contributed by atoms with Crippen LogP contribution in [0.25, 0.3) is 0 Å². The number of ether oxygens (including phenoxy) is 1. The first-order valence-corrected chi connectivity index (χ1v) is 16.2. The lowest BCUT2D eigenvalue weighted by atomic mass is 9.48. The number of hydrogen-bond acceptors (Lipinski definition) is 4. The molecule has 1 N–H and O–H groups in total. The molecule has 1 saturated heterocycles. The predicted octanol–water partition coefficient (Wildman–Crippen LogP) is 6.00. The largest absolute Gasteiger partial charge is 0.379 e. The van der Waals surface area contributed by atoms with Crippen molar-refractivity contribution in [2.75, 3.05) is 31.6 Å². The van der Waals surface area contributed by atoms with Crippen molar-refractivity contribution in [1.82, 2.24) is 4.31 Å². The molecule has 38 heavy (non-hydrogen) atoms. The van der Waals surface area contributed by atoms with Crippen molar-refractivity contribution in [1.29, 1.82) is 0 Å². The van der Waals surface area contributed by atoms with Crippen molar-refractivity contribution >= 4 is 15.7 Å². The third-order valence-electron chi connectivity index (χ3n) is 10.9. The van der Waals surface area contributed by atoms with E-state index < -0.39 is 10.0 Å². The van der Waals surface area contributed by atoms with Gasteiger partial charge in [0.1, 0.15) is 0 Å². The van der Waals surface area contributed by atoms with Crippen molar-refractivity contribution in [2.24, 2.45) is 23.7 Å². The second kappa shape index (κ2) is 8.67. The van der Waals surface area contributed by atoms with E-state index in [0.29, 0.717) is 48.4 Å². The minimum absolute atomic E-state index is 0.174. The van der Waals surface area contributed by atoms with Crippen molar-refractivity contribution in [2.45, 2.75) is 67.2 Å². The Kier molecular flexibility index (Phi) is 5.41. The van der Waals surface area contributed by atoms with Gasteiger partial charge in [0, 0.05) is 24.7 Å². The lowest BCUT2D eigenvalue weighted by molar-refractivity contribution is -0.00523. The molecule has 5 aliphatic carbocycles. The van der Waals surface area contributed by atoms with E-state index in [1.807, 2.05) is 12.1 Å². The standard InChI is InChI=1S/C32H38N2O3S/c35-38(36,34-10-12-37-13-11-34)26-7-4-24(5-8-26)31-28-3-1-2-27(28)29-17-25(6-9-30(29)33-31)32-18-21-14-22(19-32)16-23(15-21)20-32/h1-2,4-9,17,21-23,27-28,31,33H,3,10-16,18-20H2/t21?,22?,23?,27-,28-,31+,32?/m1/s1. The van der Waals surface area contributed by atoms with Gasteiger partial charge in [-0.25, -0.2) is 8.42 Å². The highest BCUT2D eigenvalue weighted by molar-refractivity contribution is 7.89. The molecule has 2 heterocycles. The molecule has 0 radical (unpaired) electrons. The monoisotopic (exact) mass is 530 g/mol. The number of anilines is 1. The van der Waals surface area contributed by atoms with Crippen LogP contribution in [0.3, 0.4) is 0 Å². The van der Waals surface area contributed by atoms with Crippen LogP contribution in [0.4, 0.5) is 5.69 Å². The summed E-state index contributed by atoms with van der Waals surface area (Å²) in [7, 11) is -3.48. The van der Waals surface area contributed by atoms with Crippen LogP contribution in [-0.4, -0.2) is 39.0 Å². The van der Waals surface area contributed by atoms with Gasteiger partial charge in [-0.2, -0.15) is 4.31 Å².